The molecule has 3 rings (SSSR count). The largest absolute Gasteiger partial charge is 0.309 e. The van der Waals surface area contributed by atoms with Crippen molar-refractivity contribution in [1.29, 1.82) is 0 Å². The number of carbonyl (C=O) groups is 2. The van der Waals surface area contributed by atoms with Gasteiger partial charge in [-0.2, -0.15) is 0 Å². The van der Waals surface area contributed by atoms with Gasteiger partial charge >= 0.3 is 5.91 Å². The Morgan fingerprint density at radius 1 is 1.00 bits per heavy atom. The highest BCUT2D eigenvalue weighted by Gasteiger charge is 2.19. The second kappa shape index (κ2) is 8.77. The van der Waals surface area contributed by atoms with Crippen LogP contribution >= 0.6 is 0 Å². The Morgan fingerprint density at radius 2 is 1.64 bits per heavy atom. The van der Waals surface area contributed by atoms with Crippen molar-refractivity contribution in [2.45, 2.75) is 20.3 Å². The minimum absolute atomic E-state index is 0.0415. The molecule has 1 heterocycles. The Labute approximate surface area is 163 Å². The van der Waals surface area contributed by atoms with Crippen LogP contribution in [-0.2, 0) is 4.79 Å². The highest BCUT2D eigenvalue weighted by atomic mass is 16.2. The molecule has 0 fully saturated rings. The first-order chi connectivity index (χ1) is 13.6. The predicted octanol–water partition coefficient (Wildman–Crippen LogP) is 3.05. The smallest absolute Gasteiger partial charge is 0.268 e. The van der Waals surface area contributed by atoms with Gasteiger partial charge in [0.15, 0.2) is 5.82 Å². The molecule has 0 bridgehead atoms. The molecular weight excluding hydrogens is 354 g/mol. The molecular formula is C21H21N5O2. The van der Waals surface area contributed by atoms with Crippen molar-refractivity contribution in [3.63, 3.8) is 0 Å². The number of carbonyl (C=O) groups excluding carboxylic acids is 2. The molecule has 0 unspecified atom stereocenters. The van der Waals surface area contributed by atoms with Crippen LogP contribution in [0.15, 0.2) is 72.3 Å². The maximum absolute atomic E-state index is 12.5. The van der Waals surface area contributed by atoms with Crippen LogP contribution in [0.2, 0.25) is 0 Å². The van der Waals surface area contributed by atoms with Crippen molar-refractivity contribution in [2.24, 2.45) is 0 Å². The van der Waals surface area contributed by atoms with Crippen molar-refractivity contribution in [1.82, 2.24) is 25.6 Å². The molecule has 0 saturated carbocycles. The fourth-order valence-electron chi connectivity index (χ4n) is 2.60. The molecule has 2 aromatic carbocycles. The Hall–Kier alpha value is -3.74. The van der Waals surface area contributed by atoms with Crippen LogP contribution < -0.4 is 10.9 Å². The molecule has 0 atom stereocenters. The van der Waals surface area contributed by atoms with E-state index in [1.165, 1.54) is 0 Å². The number of nitrogens with zero attached hydrogens (tertiary/aromatic N) is 3. The summed E-state index contributed by atoms with van der Waals surface area (Å²) in [6.45, 7) is 3.61. The average molecular weight is 375 g/mol. The number of hydrogen-bond acceptors (Lipinski definition) is 4. The molecule has 0 saturated heterocycles. The first kappa shape index (κ1) is 19.0. The number of benzene rings is 2. The van der Waals surface area contributed by atoms with E-state index in [0.29, 0.717) is 11.4 Å². The standard InChI is InChI=1S/C21H21N5O2/c1-3-10-15(2)20(27)23-24-21(28)18-22-19(16-11-6-4-7-12-16)26(25-18)17-13-8-5-9-14-17/h4-14H,3H2,1-2H3,(H,23,27)(H,24,28)/b15-10+. The lowest BCUT2D eigenvalue weighted by Crippen LogP contribution is -2.42. The maximum atomic E-state index is 12.5. The fraction of sp³-hybridized carbons (Fsp3) is 0.143. The Balaban J connectivity index is 1.88. The average Bonchev–Trinajstić information content (AvgIpc) is 3.19. The van der Waals surface area contributed by atoms with E-state index in [2.05, 4.69) is 20.9 Å². The van der Waals surface area contributed by atoms with Gasteiger partial charge in [0, 0.05) is 11.1 Å². The second-order valence-corrected chi connectivity index (χ2v) is 6.08. The topological polar surface area (TPSA) is 88.9 Å². The molecule has 1 aromatic heterocycles. The highest BCUT2D eigenvalue weighted by Crippen LogP contribution is 2.20. The third-order valence-corrected chi connectivity index (χ3v) is 4.00. The van der Waals surface area contributed by atoms with E-state index in [1.54, 1.807) is 17.7 Å². The molecule has 2 N–H and O–H groups in total. The lowest BCUT2D eigenvalue weighted by Gasteiger charge is -2.05. The van der Waals surface area contributed by atoms with E-state index in [-0.39, 0.29) is 11.7 Å². The molecule has 0 radical (unpaired) electrons. The van der Waals surface area contributed by atoms with Gasteiger partial charge in [-0.25, -0.2) is 9.67 Å². The maximum Gasteiger partial charge on any atom is 0.309 e. The number of rotatable bonds is 5. The SMILES string of the molecule is CC/C=C(\C)C(=O)NNC(=O)c1nc(-c2ccccc2)n(-c2ccccc2)n1. The lowest BCUT2D eigenvalue weighted by atomic mass is 10.2. The number of hydrazine groups is 1. The minimum atomic E-state index is -0.593. The number of nitrogens with one attached hydrogen (secondary N) is 2. The molecule has 3 aromatic rings. The first-order valence-electron chi connectivity index (χ1n) is 8.95. The molecule has 28 heavy (non-hydrogen) atoms. The van der Waals surface area contributed by atoms with E-state index < -0.39 is 5.91 Å². The second-order valence-electron chi connectivity index (χ2n) is 6.08. The summed E-state index contributed by atoms with van der Waals surface area (Å²) in [7, 11) is 0. The zero-order valence-electron chi connectivity index (χ0n) is 15.7. The van der Waals surface area contributed by atoms with Gasteiger partial charge in [0.2, 0.25) is 5.82 Å². The summed E-state index contributed by atoms with van der Waals surface area (Å²) in [6, 6.07) is 18.9. The van der Waals surface area contributed by atoms with E-state index in [1.807, 2.05) is 67.6 Å². The van der Waals surface area contributed by atoms with Crippen molar-refractivity contribution in [3.05, 3.63) is 78.1 Å². The van der Waals surface area contributed by atoms with E-state index in [9.17, 15) is 9.59 Å². The van der Waals surface area contributed by atoms with Crippen LogP contribution in [0.1, 0.15) is 30.9 Å². The molecule has 0 aliphatic heterocycles. The summed E-state index contributed by atoms with van der Waals surface area (Å²) in [4.78, 5) is 28.8. The summed E-state index contributed by atoms with van der Waals surface area (Å²) in [6.07, 6.45) is 2.51. The van der Waals surface area contributed by atoms with Crippen LogP contribution in [0.4, 0.5) is 0 Å². The number of aromatic nitrogens is 3. The van der Waals surface area contributed by atoms with Crippen LogP contribution in [0.25, 0.3) is 17.1 Å². The van der Waals surface area contributed by atoms with Gasteiger partial charge in [-0.1, -0.05) is 61.5 Å². The number of amides is 2. The van der Waals surface area contributed by atoms with Gasteiger partial charge in [0.05, 0.1) is 5.69 Å². The summed E-state index contributed by atoms with van der Waals surface area (Å²) in [5.74, 6) is -0.476. The molecule has 0 aliphatic rings. The summed E-state index contributed by atoms with van der Waals surface area (Å²) < 4.78 is 1.61. The van der Waals surface area contributed by atoms with E-state index >= 15 is 0 Å². The molecule has 0 aliphatic carbocycles. The highest BCUT2D eigenvalue weighted by molar-refractivity contribution is 5.97. The zero-order chi connectivity index (χ0) is 19.9. The van der Waals surface area contributed by atoms with Crippen molar-refractivity contribution in [3.8, 4) is 17.1 Å². The van der Waals surface area contributed by atoms with Gasteiger partial charge in [-0.15, -0.1) is 5.10 Å². The molecule has 7 nitrogen and oxygen atoms in total. The molecule has 7 heteroatoms. The first-order valence-corrected chi connectivity index (χ1v) is 8.95. The lowest BCUT2D eigenvalue weighted by molar-refractivity contribution is -0.118. The molecule has 142 valence electrons. The van der Waals surface area contributed by atoms with E-state index in [4.69, 9.17) is 0 Å². The predicted molar refractivity (Wildman–Crippen MR) is 106 cm³/mol. The van der Waals surface area contributed by atoms with Crippen LogP contribution in [0, 0.1) is 0 Å². The van der Waals surface area contributed by atoms with Gasteiger partial charge < -0.3 is 0 Å². The molecule has 0 spiro atoms. The molecule has 2 amide bonds. The summed E-state index contributed by atoms with van der Waals surface area (Å²) in [5, 5.41) is 4.34. The fourth-order valence-corrected chi connectivity index (χ4v) is 2.60. The third kappa shape index (κ3) is 4.32. The zero-order valence-corrected chi connectivity index (χ0v) is 15.7. The number of allylic oxidation sites excluding steroid dienone is 1. The normalized spacial score (nSPS) is 11.1. The Morgan fingerprint density at radius 3 is 2.29 bits per heavy atom. The Bertz CT molecular complexity index is 937. The van der Waals surface area contributed by atoms with Crippen LogP contribution in [0.3, 0.4) is 0 Å². The number of hydrogen-bond donors (Lipinski definition) is 2. The summed E-state index contributed by atoms with van der Waals surface area (Å²) >= 11 is 0. The number of para-hydroxylation sites is 1. The minimum Gasteiger partial charge on any atom is -0.268 e. The van der Waals surface area contributed by atoms with Crippen molar-refractivity contribution in [2.75, 3.05) is 0 Å². The van der Waals surface area contributed by atoms with Crippen molar-refractivity contribution >= 4 is 11.8 Å². The van der Waals surface area contributed by atoms with Gasteiger partial charge in [0.1, 0.15) is 0 Å². The van der Waals surface area contributed by atoms with Gasteiger partial charge in [-0.05, 0) is 25.5 Å². The van der Waals surface area contributed by atoms with Crippen molar-refractivity contribution < 1.29 is 9.59 Å². The quantitative estimate of drug-likeness (QED) is 0.530. The van der Waals surface area contributed by atoms with E-state index in [0.717, 1.165) is 17.7 Å². The van der Waals surface area contributed by atoms with Crippen LogP contribution in [0.5, 0.6) is 0 Å². The van der Waals surface area contributed by atoms with Crippen LogP contribution in [-0.4, -0.2) is 26.6 Å². The third-order valence-electron chi connectivity index (χ3n) is 4.00. The summed E-state index contributed by atoms with van der Waals surface area (Å²) in [5.41, 5.74) is 6.86. The monoisotopic (exact) mass is 375 g/mol. The Kier molecular flexibility index (Phi) is 5.96. The van der Waals surface area contributed by atoms with Gasteiger partial charge in [-0.3, -0.25) is 20.4 Å². The van der Waals surface area contributed by atoms with Gasteiger partial charge in [0.25, 0.3) is 5.91 Å².